The van der Waals surface area contributed by atoms with Crippen molar-refractivity contribution in [1.29, 1.82) is 0 Å². The van der Waals surface area contributed by atoms with Gasteiger partial charge in [0, 0.05) is 17.9 Å². The number of rotatable bonds is 6. The summed E-state index contributed by atoms with van der Waals surface area (Å²) < 4.78 is 5.21. The first-order valence-electron chi connectivity index (χ1n) is 7.64. The van der Waals surface area contributed by atoms with Crippen LogP contribution in [-0.4, -0.2) is 18.2 Å². The number of ether oxygens (including phenoxy) is 1. The molecule has 0 aliphatic heterocycles. The van der Waals surface area contributed by atoms with Crippen molar-refractivity contribution in [3.8, 4) is 0 Å². The zero-order valence-corrected chi connectivity index (χ0v) is 13.8. The standard InChI is InChI=1S/C17H28N2O2/c1-6-7-13(2)12-18-14-8-10-15(11-9-14)19-16(20)21-17(3,4)5/h8-11,13,18H,6-7,12H2,1-5H3,(H,19,20). The summed E-state index contributed by atoms with van der Waals surface area (Å²) >= 11 is 0. The van der Waals surface area contributed by atoms with Gasteiger partial charge in [0.1, 0.15) is 5.60 Å². The summed E-state index contributed by atoms with van der Waals surface area (Å²) in [6.45, 7) is 10.9. The largest absolute Gasteiger partial charge is 0.444 e. The molecule has 0 fully saturated rings. The van der Waals surface area contributed by atoms with Crippen LogP contribution in [0.3, 0.4) is 0 Å². The molecule has 0 saturated carbocycles. The highest BCUT2D eigenvalue weighted by molar-refractivity contribution is 5.85. The van der Waals surface area contributed by atoms with E-state index in [0.29, 0.717) is 5.92 Å². The van der Waals surface area contributed by atoms with Gasteiger partial charge in [-0.3, -0.25) is 5.32 Å². The van der Waals surface area contributed by atoms with E-state index in [0.717, 1.165) is 17.9 Å². The molecule has 0 aromatic heterocycles. The average Bonchev–Trinajstić information content (AvgIpc) is 2.36. The van der Waals surface area contributed by atoms with Gasteiger partial charge < -0.3 is 10.1 Å². The molecule has 1 atom stereocenters. The summed E-state index contributed by atoms with van der Waals surface area (Å²) in [7, 11) is 0. The molecule has 0 aliphatic rings. The first-order valence-corrected chi connectivity index (χ1v) is 7.64. The predicted octanol–water partition coefficient (Wildman–Crippen LogP) is 4.88. The maximum atomic E-state index is 11.7. The Labute approximate surface area is 128 Å². The van der Waals surface area contributed by atoms with E-state index in [1.165, 1.54) is 12.8 Å². The fraction of sp³-hybridized carbons (Fsp3) is 0.588. The molecule has 1 unspecified atom stereocenters. The maximum absolute atomic E-state index is 11.7. The lowest BCUT2D eigenvalue weighted by atomic mass is 10.1. The highest BCUT2D eigenvalue weighted by Crippen LogP contribution is 2.16. The van der Waals surface area contributed by atoms with Gasteiger partial charge in [-0.15, -0.1) is 0 Å². The molecule has 0 radical (unpaired) electrons. The molecule has 0 spiro atoms. The van der Waals surface area contributed by atoms with Gasteiger partial charge in [0.15, 0.2) is 0 Å². The van der Waals surface area contributed by atoms with Crippen molar-refractivity contribution in [2.75, 3.05) is 17.2 Å². The Bertz CT molecular complexity index is 435. The zero-order chi connectivity index (χ0) is 15.9. The van der Waals surface area contributed by atoms with Crippen LogP contribution in [0.1, 0.15) is 47.5 Å². The van der Waals surface area contributed by atoms with E-state index in [1.54, 1.807) is 0 Å². The molecule has 1 rings (SSSR count). The third-order valence-electron chi connectivity index (χ3n) is 2.97. The number of hydrogen-bond donors (Lipinski definition) is 2. The third kappa shape index (κ3) is 7.59. The van der Waals surface area contributed by atoms with Crippen LogP contribution >= 0.6 is 0 Å². The molecule has 4 nitrogen and oxygen atoms in total. The van der Waals surface area contributed by atoms with E-state index in [9.17, 15) is 4.79 Å². The van der Waals surface area contributed by atoms with Crippen LogP contribution in [0, 0.1) is 5.92 Å². The summed E-state index contributed by atoms with van der Waals surface area (Å²) in [5.41, 5.74) is 1.31. The lowest BCUT2D eigenvalue weighted by molar-refractivity contribution is 0.0636. The van der Waals surface area contributed by atoms with Gasteiger partial charge in [0.05, 0.1) is 0 Å². The maximum Gasteiger partial charge on any atom is 0.412 e. The van der Waals surface area contributed by atoms with Crippen molar-refractivity contribution in [3.05, 3.63) is 24.3 Å². The van der Waals surface area contributed by atoms with Crippen LogP contribution in [0.4, 0.5) is 16.2 Å². The molecule has 1 aromatic carbocycles. The second-order valence-electron chi connectivity index (χ2n) is 6.48. The van der Waals surface area contributed by atoms with E-state index in [-0.39, 0.29) is 0 Å². The highest BCUT2D eigenvalue weighted by atomic mass is 16.6. The topological polar surface area (TPSA) is 50.4 Å². The molecular weight excluding hydrogens is 264 g/mol. The molecule has 0 aliphatic carbocycles. The second-order valence-corrected chi connectivity index (χ2v) is 6.48. The minimum absolute atomic E-state index is 0.431. The van der Waals surface area contributed by atoms with Gasteiger partial charge in [0.2, 0.25) is 0 Å². The first-order chi connectivity index (χ1) is 9.80. The van der Waals surface area contributed by atoms with Gasteiger partial charge in [-0.2, -0.15) is 0 Å². The third-order valence-corrected chi connectivity index (χ3v) is 2.97. The fourth-order valence-corrected chi connectivity index (χ4v) is 1.98. The molecule has 4 heteroatoms. The smallest absolute Gasteiger partial charge is 0.412 e. The Morgan fingerprint density at radius 1 is 1.19 bits per heavy atom. The van der Waals surface area contributed by atoms with E-state index < -0.39 is 11.7 Å². The number of carbonyl (C=O) groups excluding carboxylic acids is 1. The number of anilines is 2. The minimum Gasteiger partial charge on any atom is -0.444 e. The Hall–Kier alpha value is -1.71. The van der Waals surface area contributed by atoms with Crippen molar-refractivity contribution < 1.29 is 9.53 Å². The molecule has 0 heterocycles. The molecule has 0 saturated heterocycles. The molecule has 21 heavy (non-hydrogen) atoms. The van der Waals surface area contributed by atoms with Crippen molar-refractivity contribution in [2.24, 2.45) is 5.92 Å². The van der Waals surface area contributed by atoms with Crippen molar-refractivity contribution >= 4 is 17.5 Å². The van der Waals surface area contributed by atoms with Gasteiger partial charge in [-0.25, -0.2) is 4.79 Å². The fourth-order valence-electron chi connectivity index (χ4n) is 1.98. The summed E-state index contributed by atoms with van der Waals surface area (Å²) in [6.07, 6.45) is 2.01. The lowest BCUT2D eigenvalue weighted by Gasteiger charge is -2.19. The minimum atomic E-state index is -0.485. The van der Waals surface area contributed by atoms with E-state index in [2.05, 4.69) is 24.5 Å². The lowest BCUT2D eigenvalue weighted by Crippen LogP contribution is -2.27. The number of amides is 1. The normalized spacial score (nSPS) is 12.6. The SMILES string of the molecule is CCCC(C)CNc1ccc(NC(=O)OC(C)(C)C)cc1. The zero-order valence-electron chi connectivity index (χ0n) is 13.8. The van der Waals surface area contributed by atoms with Gasteiger partial charge in [0.25, 0.3) is 0 Å². The van der Waals surface area contributed by atoms with E-state index in [4.69, 9.17) is 4.74 Å². The molecule has 1 amide bonds. The molecule has 0 bridgehead atoms. The number of nitrogens with one attached hydrogen (secondary N) is 2. The van der Waals surface area contributed by atoms with E-state index >= 15 is 0 Å². The van der Waals surface area contributed by atoms with Crippen LogP contribution in [0.25, 0.3) is 0 Å². The summed E-state index contributed by atoms with van der Waals surface area (Å²) in [4.78, 5) is 11.7. The van der Waals surface area contributed by atoms with Crippen molar-refractivity contribution in [1.82, 2.24) is 0 Å². The quantitative estimate of drug-likeness (QED) is 0.785. The number of hydrogen-bond acceptors (Lipinski definition) is 3. The van der Waals surface area contributed by atoms with Crippen molar-refractivity contribution in [3.63, 3.8) is 0 Å². The Morgan fingerprint density at radius 3 is 2.29 bits per heavy atom. The van der Waals surface area contributed by atoms with E-state index in [1.807, 2.05) is 45.0 Å². The Balaban J connectivity index is 2.45. The van der Waals surface area contributed by atoms with Crippen LogP contribution < -0.4 is 10.6 Å². The Morgan fingerprint density at radius 2 is 1.76 bits per heavy atom. The monoisotopic (exact) mass is 292 g/mol. The first kappa shape index (κ1) is 17.3. The van der Waals surface area contributed by atoms with Crippen LogP contribution in [-0.2, 0) is 4.74 Å². The number of carbonyl (C=O) groups is 1. The van der Waals surface area contributed by atoms with Crippen LogP contribution in [0.15, 0.2) is 24.3 Å². The Kier molecular flexibility index (Phi) is 6.53. The van der Waals surface area contributed by atoms with Gasteiger partial charge >= 0.3 is 6.09 Å². The summed E-state index contributed by atoms with van der Waals surface area (Å²) in [6, 6.07) is 7.67. The van der Waals surface area contributed by atoms with Crippen LogP contribution in [0.2, 0.25) is 0 Å². The second kappa shape index (κ2) is 7.91. The highest BCUT2D eigenvalue weighted by Gasteiger charge is 2.16. The van der Waals surface area contributed by atoms with Gasteiger partial charge in [-0.1, -0.05) is 20.3 Å². The number of benzene rings is 1. The summed E-state index contributed by atoms with van der Waals surface area (Å²) in [5.74, 6) is 0.662. The van der Waals surface area contributed by atoms with Gasteiger partial charge in [-0.05, 0) is 57.4 Å². The molecule has 2 N–H and O–H groups in total. The van der Waals surface area contributed by atoms with Crippen LogP contribution in [0.5, 0.6) is 0 Å². The predicted molar refractivity (Wildman–Crippen MR) is 88.9 cm³/mol. The summed E-state index contributed by atoms with van der Waals surface area (Å²) in [5, 5.41) is 6.13. The van der Waals surface area contributed by atoms with Crippen molar-refractivity contribution in [2.45, 2.75) is 53.1 Å². The molecule has 118 valence electrons. The average molecular weight is 292 g/mol. The molecule has 1 aromatic rings. The molecular formula is C17H28N2O2.